The van der Waals surface area contributed by atoms with Crippen molar-refractivity contribution in [1.82, 2.24) is 5.32 Å². The summed E-state index contributed by atoms with van der Waals surface area (Å²) in [6.45, 7) is 2.15. The summed E-state index contributed by atoms with van der Waals surface area (Å²) in [5.74, 6) is -3.17. The zero-order valence-electron chi connectivity index (χ0n) is 11.1. The maximum Gasteiger partial charge on any atom is 0.335 e. The van der Waals surface area contributed by atoms with Crippen LogP contribution in [-0.2, 0) is 4.79 Å². The first-order valence-corrected chi connectivity index (χ1v) is 5.92. The molecule has 0 aliphatic heterocycles. The van der Waals surface area contributed by atoms with Gasteiger partial charge in [-0.2, -0.15) is 0 Å². The van der Waals surface area contributed by atoms with Gasteiger partial charge in [0.05, 0.1) is 11.1 Å². The minimum atomic E-state index is -1.26. The lowest BCUT2D eigenvalue weighted by atomic mass is 10.1. The summed E-state index contributed by atoms with van der Waals surface area (Å²) in [5.41, 5.74) is -0.238. The van der Waals surface area contributed by atoms with Crippen molar-refractivity contribution < 1.29 is 24.6 Å². The van der Waals surface area contributed by atoms with Gasteiger partial charge in [-0.1, -0.05) is 6.92 Å². The van der Waals surface area contributed by atoms with E-state index < -0.39 is 11.9 Å². The number of amides is 1. The van der Waals surface area contributed by atoms with Gasteiger partial charge in [0.2, 0.25) is 5.91 Å². The molecule has 1 rings (SSSR count). The van der Waals surface area contributed by atoms with Crippen LogP contribution in [0.15, 0.2) is 18.2 Å². The van der Waals surface area contributed by atoms with E-state index in [1.807, 2.05) is 0 Å². The van der Waals surface area contributed by atoms with Gasteiger partial charge in [-0.05, 0) is 25.2 Å². The van der Waals surface area contributed by atoms with Crippen molar-refractivity contribution in [3.8, 4) is 0 Å². The van der Waals surface area contributed by atoms with Crippen LogP contribution in [0.5, 0.6) is 0 Å². The Morgan fingerprint density at radius 1 is 1.10 bits per heavy atom. The number of hydrogen-bond donors (Lipinski definition) is 4. The summed E-state index contributed by atoms with van der Waals surface area (Å²) in [5, 5.41) is 23.2. The first kappa shape index (κ1) is 15.6. The molecule has 0 aliphatic carbocycles. The van der Waals surface area contributed by atoms with Gasteiger partial charge in [-0.15, -0.1) is 0 Å². The molecule has 0 heterocycles. The summed E-state index contributed by atoms with van der Waals surface area (Å²) < 4.78 is 0. The maximum absolute atomic E-state index is 11.8. The van der Waals surface area contributed by atoms with Crippen molar-refractivity contribution in [2.24, 2.45) is 5.92 Å². The molecule has 1 aromatic rings. The van der Waals surface area contributed by atoms with E-state index in [0.717, 1.165) is 6.07 Å². The Morgan fingerprint density at radius 2 is 1.60 bits per heavy atom. The molecule has 0 saturated carbocycles. The monoisotopic (exact) mass is 280 g/mol. The van der Waals surface area contributed by atoms with Crippen LogP contribution < -0.4 is 10.6 Å². The van der Waals surface area contributed by atoms with Crippen molar-refractivity contribution >= 4 is 23.5 Å². The minimum Gasteiger partial charge on any atom is -0.478 e. The van der Waals surface area contributed by atoms with Crippen LogP contribution in [0.25, 0.3) is 0 Å². The van der Waals surface area contributed by atoms with Gasteiger partial charge in [0.25, 0.3) is 0 Å². The lowest BCUT2D eigenvalue weighted by Crippen LogP contribution is -2.28. The molecule has 20 heavy (non-hydrogen) atoms. The van der Waals surface area contributed by atoms with E-state index in [1.54, 1.807) is 14.0 Å². The number of carbonyl (C=O) groups is 3. The van der Waals surface area contributed by atoms with E-state index in [-0.39, 0.29) is 28.6 Å². The zero-order valence-corrected chi connectivity index (χ0v) is 11.1. The van der Waals surface area contributed by atoms with E-state index in [9.17, 15) is 14.4 Å². The molecule has 1 unspecified atom stereocenters. The Balaban J connectivity index is 3.02. The minimum absolute atomic E-state index is 0.148. The summed E-state index contributed by atoms with van der Waals surface area (Å²) >= 11 is 0. The SMILES string of the molecule is CNCC(C)C(=O)Nc1cc(C(=O)O)cc(C(=O)O)c1. The number of aromatic carboxylic acids is 2. The number of benzene rings is 1. The van der Waals surface area contributed by atoms with E-state index >= 15 is 0 Å². The molecule has 7 heteroatoms. The van der Waals surface area contributed by atoms with Crippen LogP contribution in [0.3, 0.4) is 0 Å². The second-order valence-corrected chi connectivity index (χ2v) is 4.36. The van der Waals surface area contributed by atoms with Crippen LogP contribution in [0.4, 0.5) is 5.69 Å². The Labute approximate surface area is 115 Å². The fourth-order valence-corrected chi connectivity index (χ4v) is 1.61. The molecule has 4 N–H and O–H groups in total. The predicted octanol–water partition coefficient (Wildman–Crippen LogP) is 0.877. The lowest BCUT2D eigenvalue weighted by molar-refractivity contribution is -0.119. The Bertz CT molecular complexity index is 509. The fourth-order valence-electron chi connectivity index (χ4n) is 1.61. The number of rotatable bonds is 6. The summed E-state index contributed by atoms with van der Waals surface area (Å²) in [6.07, 6.45) is 0. The third-order valence-corrected chi connectivity index (χ3v) is 2.65. The highest BCUT2D eigenvalue weighted by molar-refractivity contribution is 5.98. The smallest absolute Gasteiger partial charge is 0.335 e. The summed E-state index contributed by atoms with van der Waals surface area (Å²) in [4.78, 5) is 33.7. The molecule has 1 aromatic carbocycles. The Kier molecular flexibility index (Phi) is 5.22. The molecule has 0 fully saturated rings. The molecular weight excluding hydrogens is 264 g/mol. The highest BCUT2D eigenvalue weighted by atomic mass is 16.4. The molecule has 7 nitrogen and oxygen atoms in total. The molecule has 108 valence electrons. The predicted molar refractivity (Wildman–Crippen MR) is 72.1 cm³/mol. The van der Waals surface area contributed by atoms with Gasteiger partial charge in [-0.3, -0.25) is 4.79 Å². The lowest BCUT2D eigenvalue weighted by Gasteiger charge is -2.12. The van der Waals surface area contributed by atoms with Gasteiger partial charge in [0, 0.05) is 18.2 Å². The first-order chi connectivity index (χ1) is 9.35. The number of carboxylic acid groups (broad SMARTS) is 2. The fraction of sp³-hybridized carbons (Fsp3) is 0.308. The number of anilines is 1. The van der Waals surface area contributed by atoms with Crippen molar-refractivity contribution in [2.75, 3.05) is 18.9 Å². The van der Waals surface area contributed by atoms with Gasteiger partial charge >= 0.3 is 11.9 Å². The third-order valence-electron chi connectivity index (χ3n) is 2.65. The van der Waals surface area contributed by atoms with Gasteiger partial charge < -0.3 is 20.8 Å². The molecule has 0 saturated heterocycles. The van der Waals surface area contributed by atoms with Crippen LogP contribution >= 0.6 is 0 Å². The molecule has 0 bridgehead atoms. The zero-order chi connectivity index (χ0) is 15.3. The van der Waals surface area contributed by atoms with Gasteiger partial charge in [0.1, 0.15) is 0 Å². The molecular formula is C13H16N2O5. The first-order valence-electron chi connectivity index (χ1n) is 5.92. The van der Waals surface area contributed by atoms with Crippen molar-refractivity contribution in [1.29, 1.82) is 0 Å². The topological polar surface area (TPSA) is 116 Å². The highest BCUT2D eigenvalue weighted by Crippen LogP contribution is 2.16. The largest absolute Gasteiger partial charge is 0.478 e. The quantitative estimate of drug-likeness (QED) is 0.614. The highest BCUT2D eigenvalue weighted by Gasteiger charge is 2.15. The van der Waals surface area contributed by atoms with Crippen molar-refractivity contribution in [2.45, 2.75) is 6.92 Å². The van der Waals surface area contributed by atoms with Crippen molar-refractivity contribution in [3.05, 3.63) is 29.3 Å². The number of hydrogen-bond acceptors (Lipinski definition) is 4. The molecule has 0 spiro atoms. The molecule has 1 atom stereocenters. The number of nitrogens with one attached hydrogen (secondary N) is 2. The normalized spacial score (nSPS) is 11.7. The number of carboxylic acids is 2. The maximum atomic E-state index is 11.8. The summed E-state index contributed by atoms with van der Waals surface area (Å²) in [7, 11) is 1.71. The molecule has 0 aliphatic rings. The standard InChI is InChI=1S/C13H16N2O5/c1-7(6-14-2)11(16)15-10-4-8(12(17)18)3-9(5-10)13(19)20/h3-5,7,14H,6H2,1-2H3,(H,15,16)(H,17,18)(H,19,20). The second-order valence-electron chi connectivity index (χ2n) is 4.36. The van der Waals surface area contributed by atoms with Crippen LogP contribution in [0, 0.1) is 5.92 Å². The van der Waals surface area contributed by atoms with Crippen LogP contribution in [0.2, 0.25) is 0 Å². The molecule has 1 amide bonds. The van der Waals surface area contributed by atoms with E-state index in [4.69, 9.17) is 10.2 Å². The number of carbonyl (C=O) groups excluding carboxylic acids is 1. The van der Waals surface area contributed by atoms with Gasteiger partial charge in [0.15, 0.2) is 0 Å². The second kappa shape index (κ2) is 6.67. The van der Waals surface area contributed by atoms with Crippen LogP contribution in [0.1, 0.15) is 27.6 Å². The molecule has 0 aromatic heterocycles. The molecule has 0 radical (unpaired) electrons. The van der Waals surface area contributed by atoms with Crippen LogP contribution in [-0.4, -0.2) is 41.7 Å². The van der Waals surface area contributed by atoms with Crippen molar-refractivity contribution in [3.63, 3.8) is 0 Å². The van der Waals surface area contributed by atoms with E-state index in [2.05, 4.69) is 10.6 Å². The Hall–Kier alpha value is -2.41. The average molecular weight is 280 g/mol. The van der Waals surface area contributed by atoms with E-state index in [1.165, 1.54) is 12.1 Å². The Morgan fingerprint density at radius 3 is 2.00 bits per heavy atom. The summed E-state index contributed by atoms with van der Waals surface area (Å²) in [6, 6.07) is 3.48. The van der Waals surface area contributed by atoms with E-state index in [0.29, 0.717) is 6.54 Å². The van der Waals surface area contributed by atoms with Gasteiger partial charge in [-0.25, -0.2) is 9.59 Å². The third kappa shape index (κ3) is 4.06. The average Bonchev–Trinajstić information content (AvgIpc) is 2.38.